The van der Waals surface area contributed by atoms with Gasteiger partial charge in [0.1, 0.15) is 12.4 Å². The number of fused-ring (bicyclic) bond motifs is 1. The molecule has 0 bridgehead atoms. The Kier molecular flexibility index (Phi) is 8.20. The Labute approximate surface area is 227 Å². The lowest BCUT2D eigenvalue weighted by Crippen LogP contribution is -2.41. The maximum atomic E-state index is 14.3. The second-order valence-corrected chi connectivity index (χ2v) is 9.74. The molecule has 1 aliphatic heterocycles. The monoisotopic (exact) mass is 529 g/mol. The van der Waals surface area contributed by atoms with Crippen LogP contribution in [0.1, 0.15) is 48.9 Å². The fraction of sp³-hybridized carbons (Fsp3) is 0.323. The molecule has 0 saturated carbocycles. The normalized spacial score (nSPS) is 14.8. The van der Waals surface area contributed by atoms with Crippen molar-refractivity contribution < 1.29 is 23.5 Å². The molecule has 39 heavy (non-hydrogen) atoms. The Morgan fingerprint density at radius 1 is 1.05 bits per heavy atom. The van der Waals surface area contributed by atoms with Crippen molar-refractivity contribution in [2.75, 3.05) is 19.7 Å². The van der Waals surface area contributed by atoms with Gasteiger partial charge in [0.05, 0.1) is 18.2 Å². The zero-order valence-corrected chi connectivity index (χ0v) is 22.0. The standard InChI is InChI=1S/C31H32FN3O4/c1-2-38-31(37)23-13-16-34(17-14-23)29(36)19-26(24-10-6-11-25(32)18-24)27-20-33-30-28(12-7-15-35(27)30)39-21-22-8-4-3-5-9-22/h3-12,15,18,20,23,26H,2,13-14,16-17,19,21H2,1H3. The maximum absolute atomic E-state index is 14.3. The summed E-state index contributed by atoms with van der Waals surface area (Å²) in [5.41, 5.74) is 3.14. The number of aromatic nitrogens is 2. The van der Waals surface area contributed by atoms with Crippen LogP contribution in [0.15, 0.2) is 79.1 Å². The molecule has 1 saturated heterocycles. The Morgan fingerprint density at radius 3 is 2.59 bits per heavy atom. The molecule has 4 aromatic rings. The quantitative estimate of drug-likeness (QED) is 0.273. The van der Waals surface area contributed by atoms with Gasteiger partial charge in [-0.2, -0.15) is 0 Å². The Balaban J connectivity index is 1.38. The number of amides is 1. The summed E-state index contributed by atoms with van der Waals surface area (Å²) >= 11 is 0. The van der Waals surface area contributed by atoms with E-state index in [4.69, 9.17) is 9.47 Å². The fourth-order valence-electron chi connectivity index (χ4n) is 5.15. The number of halogens is 1. The molecule has 202 valence electrons. The number of likely N-dealkylation sites (tertiary alicyclic amines) is 1. The lowest BCUT2D eigenvalue weighted by Gasteiger charge is -2.32. The van der Waals surface area contributed by atoms with E-state index in [1.54, 1.807) is 24.1 Å². The average Bonchev–Trinajstić information content (AvgIpc) is 3.40. The summed E-state index contributed by atoms with van der Waals surface area (Å²) in [6.07, 6.45) is 4.92. The number of pyridine rings is 1. The number of rotatable bonds is 9. The van der Waals surface area contributed by atoms with E-state index < -0.39 is 5.92 Å². The van der Waals surface area contributed by atoms with Gasteiger partial charge in [-0.3, -0.25) is 9.59 Å². The minimum atomic E-state index is -0.421. The molecule has 1 atom stereocenters. The van der Waals surface area contributed by atoms with Crippen LogP contribution in [-0.2, 0) is 20.9 Å². The first-order chi connectivity index (χ1) is 19.0. The third kappa shape index (κ3) is 6.11. The van der Waals surface area contributed by atoms with Crippen molar-refractivity contribution in [1.29, 1.82) is 0 Å². The molecule has 8 heteroatoms. The molecule has 0 aliphatic carbocycles. The van der Waals surface area contributed by atoms with Crippen LogP contribution in [0.3, 0.4) is 0 Å². The first-order valence-electron chi connectivity index (χ1n) is 13.4. The van der Waals surface area contributed by atoms with Crippen LogP contribution in [0.25, 0.3) is 5.65 Å². The third-order valence-corrected chi connectivity index (χ3v) is 7.22. The van der Waals surface area contributed by atoms with Crippen LogP contribution < -0.4 is 4.74 Å². The van der Waals surface area contributed by atoms with E-state index in [9.17, 15) is 14.0 Å². The van der Waals surface area contributed by atoms with Gasteiger partial charge >= 0.3 is 5.97 Å². The molecule has 0 spiro atoms. The van der Waals surface area contributed by atoms with E-state index in [2.05, 4.69) is 4.98 Å². The van der Waals surface area contributed by atoms with Crippen molar-refractivity contribution in [3.8, 4) is 5.75 Å². The minimum Gasteiger partial charge on any atom is -0.485 e. The number of carbonyl (C=O) groups excluding carboxylic acids is 2. The van der Waals surface area contributed by atoms with E-state index in [1.807, 2.05) is 59.1 Å². The van der Waals surface area contributed by atoms with E-state index in [1.165, 1.54) is 12.1 Å². The van der Waals surface area contributed by atoms with Crippen LogP contribution in [0, 0.1) is 11.7 Å². The molecule has 2 aromatic carbocycles. The zero-order chi connectivity index (χ0) is 27.2. The summed E-state index contributed by atoms with van der Waals surface area (Å²) in [6.45, 7) is 3.52. The third-order valence-electron chi connectivity index (χ3n) is 7.22. The molecule has 0 radical (unpaired) electrons. The van der Waals surface area contributed by atoms with Gasteiger partial charge in [-0.15, -0.1) is 0 Å². The molecular formula is C31H32FN3O4. The average molecular weight is 530 g/mol. The van der Waals surface area contributed by atoms with E-state index in [0.717, 1.165) is 11.3 Å². The lowest BCUT2D eigenvalue weighted by molar-refractivity contribution is -0.151. The van der Waals surface area contributed by atoms with Gasteiger partial charge in [0.2, 0.25) is 5.91 Å². The number of nitrogens with zero attached hydrogens (tertiary/aromatic N) is 3. The maximum Gasteiger partial charge on any atom is 0.309 e. The molecule has 1 aliphatic rings. The largest absolute Gasteiger partial charge is 0.485 e. The van der Waals surface area contributed by atoms with E-state index >= 15 is 0 Å². The Morgan fingerprint density at radius 2 is 1.85 bits per heavy atom. The first-order valence-corrected chi connectivity index (χ1v) is 13.4. The summed E-state index contributed by atoms with van der Waals surface area (Å²) in [7, 11) is 0. The van der Waals surface area contributed by atoms with E-state index in [0.29, 0.717) is 56.1 Å². The van der Waals surface area contributed by atoms with Crippen molar-refractivity contribution in [3.05, 3.63) is 102 Å². The number of hydrogen-bond donors (Lipinski definition) is 0. The van der Waals surface area contributed by atoms with E-state index in [-0.39, 0.29) is 30.0 Å². The molecule has 3 heterocycles. The SMILES string of the molecule is CCOC(=O)C1CCN(C(=O)CC(c2cccc(F)c2)c2cnc3c(OCc4ccccc4)cccn23)CC1. The molecule has 7 nitrogen and oxygen atoms in total. The highest BCUT2D eigenvalue weighted by Gasteiger charge is 2.31. The zero-order valence-electron chi connectivity index (χ0n) is 22.0. The lowest BCUT2D eigenvalue weighted by atomic mass is 9.91. The van der Waals surface area contributed by atoms with Crippen LogP contribution in [0.2, 0.25) is 0 Å². The van der Waals surface area contributed by atoms with Gasteiger partial charge in [-0.05, 0) is 55.2 Å². The van der Waals surface area contributed by atoms with Gasteiger partial charge in [-0.1, -0.05) is 42.5 Å². The number of carbonyl (C=O) groups is 2. The molecule has 1 unspecified atom stereocenters. The number of ether oxygens (including phenoxy) is 2. The summed E-state index contributed by atoms with van der Waals surface area (Å²) in [6, 6.07) is 20.0. The highest BCUT2D eigenvalue weighted by Crippen LogP contribution is 2.33. The van der Waals surface area contributed by atoms with Crippen molar-refractivity contribution in [2.24, 2.45) is 5.92 Å². The number of piperidine rings is 1. The molecule has 5 rings (SSSR count). The Bertz CT molecular complexity index is 1430. The van der Waals surface area contributed by atoms with Crippen molar-refractivity contribution in [2.45, 2.75) is 38.7 Å². The molecular weight excluding hydrogens is 497 g/mol. The van der Waals surface area contributed by atoms with Crippen LogP contribution in [0.4, 0.5) is 4.39 Å². The number of imidazole rings is 1. The van der Waals surface area contributed by atoms with Gasteiger partial charge in [0.15, 0.2) is 11.4 Å². The van der Waals surface area contributed by atoms with Gasteiger partial charge in [0.25, 0.3) is 0 Å². The summed E-state index contributed by atoms with van der Waals surface area (Å²) in [5, 5.41) is 0. The highest BCUT2D eigenvalue weighted by atomic mass is 19.1. The topological polar surface area (TPSA) is 73.1 Å². The van der Waals surface area contributed by atoms with Crippen molar-refractivity contribution in [3.63, 3.8) is 0 Å². The predicted molar refractivity (Wildman–Crippen MR) is 145 cm³/mol. The summed E-state index contributed by atoms with van der Waals surface area (Å²) in [5.74, 6) is -0.577. The Hall–Kier alpha value is -4.20. The molecule has 1 amide bonds. The first kappa shape index (κ1) is 26.4. The number of benzene rings is 2. The summed E-state index contributed by atoms with van der Waals surface area (Å²) in [4.78, 5) is 32.0. The van der Waals surface area contributed by atoms with Crippen molar-refractivity contribution >= 4 is 17.5 Å². The minimum absolute atomic E-state index is 0.0435. The van der Waals surface area contributed by atoms with Crippen LogP contribution in [0.5, 0.6) is 5.75 Å². The molecule has 1 fully saturated rings. The van der Waals surface area contributed by atoms with Crippen molar-refractivity contribution in [1.82, 2.24) is 14.3 Å². The highest BCUT2D eigenvalue weighted by molar-refractivity contribution is 5.79. The number of hydrogen-bond acceptors (Lipinski definition) is 5. The second kappa shape index (κ2) is 12.1. The molecule has 2 aromatic heterocycles. The summed E-state index contributed by atoms with van der Waals surface area (Å²) < 4.78 is 27.5. The van der Waals surface area contributed by atoms with Gasteiger partial charge in [-0.25, -0.2) is 9.37 Å². The van der Waals surface area contributed by atoms with Crippen LogP contribution >= 0.6 is 0 Å². The second-order valence-electron chi connectivity index (χ2n) is 9.74. The number of esters is 1. The fourth-order valence-corrected chi connectivity index (χ4v) is 5.15. The predicted octanol–water partition coefficient (Wildman–Crippen LogP) is 5.38. The smallest absolute Gasteiger partial charge is 0.309 e. The molecule has 0 N–H and O–H groups in total. The van der Waals surface area contributed by atoms with Crippen LogP contribution in [-0.4, -0.2) is 45.9 Å². The van der Waals surface area contributed by atoms with Gasteiger partial charge < -0.3 is 18.8 Å². The van der Waals surface area contributed by atoms with Gasteiger partial charge in [0, 0.05) is 37.8 Å².